The Balaban J connectivity index is 1.63. The van der Waals surface area contributed by atoms with Crippen LogP contribution in [-0.2, 0) is 4.74 Å². The van der Waals surface area contributed by atoms with Gasteiger partial charge in [0.15, 0.2) is 11.6 Å². The van der Waals surface area contributed by atoms with Crippen molar-refractivity contribution in [1.29, 1.82) is 0 Å². The van der Waals surface area contributed by atoms with Crippen LogP contribution in [0.25, 0.3) is 0 Å². The number of hydrazone groups is 1. The molecule has 0 unspecified atom stereocenters. The van der Waals surface area contributed by atoms with Crippen molar-refractivity contribution >= 4 is 45.0 Å². The van der Waals surface area contributed by atoms with E-state index in [9.17, 15) is 9.50 Å². The molecule has 0 spiro atoms. The van der Waals surface area contributed by atoms with Crippen molar-refractivity contribution in [1.82, 2.24) is 9.97 Å². The zero-order valence-electron chi connectivity index (χ0n) is 14.2. The number of hydrogen-bond acceptors (Lipinski definition) is 7. The van der Waals surface area contributed by atoms with Crippen LogP contribution >= 0.6 is 27.5 Å². The summed E-state index contributed by atoms with van der Waals surface area (Å²) in [5, 5.41) is 16.6. The second-order valence-corrected chi connectivity index (χ2v) is 7.47. The highest BCUT2D eigenvalue weighted by atomic mass is 79.9. The molecule has 7 nitrogen and oxygen atoms in total. The highest BCUT2D eigenvalue weighted by Crippen LogP contribution is 2.34. The summed E-state index contributed by atoms with van der Waals surface area (Å²) in [5.74, 6) is 0.0729. The van der Waals surface area contributed by atoms with Gasteiger partial charge in [0.2, 0.25) is 5.95 Å². The number of anilines is 2. The van der Waals surface area contributed by atoms with Gasteiger partial charge < -0.3 is 14.7 Å². The van der Waals surface area contributed by atoms with Gasteiger partial charge in [-0.1, -0.05) is 27.5 Å². The molecule has 0 bridgehead atoms. The summed E-state index contributed by atoms with van der Waals surface area (Å²) in [6.45, 7) is 2.74. The monoisotopic (exact) mass is 455 g/mol. The minimum Gasteiger partial charge on any atom is -0.506 e. The van der Waals surface area contributed by atoms with E-state index in [2.05, 4.69) is 31.0 Å². The number of aromatic nitrogens is 2. The summed E-state index contributed by atoms with van der Waals surface area (Å²) >= 11 is 9.41. The Hall–Kier alpha value is -1.97. The van der Waals surface area contributed by atoms with Crippen molar-refractivity contribution in [3.8, 4) is 5.75 Å². The zero-order valence-corrected chi connectivity index (χ0v) is 16.5. The molecular formula is C17H16BrClFN5O2. The number of rotatable bonds is 3. The van der Waals surface area contributed by atoms with Gasteiger partial charge in [0, 0.05) is 29.5 Å². The normalized spacial score (nSPS) is 17.4. The van der Waals surface area contributed by atoms with Crippen molar-refractivity contribution < 1.29 is 14.2 Å². The molecule has 1 fully saturated rings. The van der Waals surface area contributed by atoms with E-state index in [-0.39, 0.29) is 16.6 Å². The summed E-state index contributed by atoms with van der Waals surface area (Å²) in [5.41, 5.74) is 1.21. The van der Waals surface area contributed by atoms with Crippen molar-refractivity contribution in [2.75, 3.05) is 42.8 Å². The van der Waals surface area contributed by atoms with Crippen LogP contribution < -0.4 is 9.91 Å². The van der Waals surface area contributed by atoms with Crippen molar-refractivity contribution in [3.63, 3.8) is 0 Å². The standard InChI is InChI=1S/C17H16BrClFN5O2/c18-10-7-11(15(26)12(19)8-10)14-1-2-25(23-14)17-21-9-13(20)16(22-17)24-3-5-27-6-4-24/h7-9,26H,1-6H2. The molecule has 0 amide bonds. The number of phenols is 1. The Morgan fingerprint density at radius 2 is 2.00 bits per heavy atom. The SMILES string of the molecule is Oc1c(Cl)cc(Br)cc1C1=NN(c2ncc(F)c(N3CCOCC3)n2)CC1. The van der Waals surface area contributed by atoms with Crippen LogP contribution in [0, 0.1) is 5.82 Å². The Morgan fingerprint density at radius 3 is 2.78 bits per heavy atom. The van der Waals surface area contributed by atoms with E-state index < -0.39 is 5.82 Å². The number of halogens is 3. The topological polar surface area (TPSA) is 74.1 Å². The first-order chi connectivity index (χ1) is 13.0. The predicted octanol–water partition coefficient (Wildman–Crippen LogP) is 3.19. The molecule has 10 heteroatoms. The molecule has 0 saturated carbocycles. The zero-order chi connectivity index (χ0) is 19.0. The van der Waals surface area contributed by atoms with Gasteiger partial charge in [-0.05, 0) is 12.1 Å². The average molecular weight is 457 g/mol. The molecule has 1 aromatic heterocycles. The lowest BCUT2D eigenvalue weighted by Crippen LogP contribution is -2.37. The first-order valence-electron chi connectivity index (χ1n) is 8.41. The van der Waals surface area contributed by atoms with Gasteiger partial charge in [-0.15, -0.1) is 0 Å². The van der Waals surface area contributed by atoms with Crippen LogP contribution in [0.3, 0.4) is 0 Å². The number of ether oxygens (including phenoxy) is 1. The van der Waals surface area contributed by atoms with Crippen LogP contribution in [0.4, 0.5) is 16.2 Å². The lowest BCUT2D eigenvalue weighted by molar-refractivity contribution is 0.122. The summed E-state index contributed by atoms with van der Waals surface area (Å²) in [6, 6.07) is 3.37. The second-order valence-electron chi connectivity index (χ2n) is 6.14. The van der Waals surface area contributed by atoms with Crippen LogP contribution in [-0.4, -0.2) is 53.6 Å². The molecule has 142 valence electrons. The minimum absolute atomic E-state index is 0.0190. The number of hydrogen-bond donors (Lipinski definition) is 1. The fraction of sp³-hybridized carbons (Fsp3) is 0.353. The molecule has 2 aromatic rings. The highest BCUT2D eigenvalue weighted by molar-refractivity contribution is 9.10. The maximum atomic E-state index is 14.2. The Morgan fingerprint density at radius 1 is 1.22 bits per heavy atom. The Labute approximate surface area is 168 Å². The van der Waals surface area contributed by atoms with Crippen molar-refractivity contribution in [3.05, 3.63) is 39.2 Å². The average Bonchev–Trinajstić information content (AvgIpc) is 3.15. The lowest BCUT2D eigenvalue weighted by atomic mass is 10.1. The molecular weight excluding hydrogens is 441 g/mol. The van der Waals surface area contributed by atoms with Crippen LogP contribution in [0.2, 0.25) is 5.02 Å². The third-order valence-electron chi connectivity index (χ3n) is 4.40. The molecule has 0 radical (unpaired) electrons. The van der Waals surface area contributed by atoms with Gasteiger partial charge in [-0.3, -0.25) is 0 Å². The molecule has 1 aromatic carbocycles. The summed E-state index contributed by atoms with van der Waals surface area (Å²) < 4.78 is 20.3. The minimum atomic E-state index is -0.472. The first kappa shape index (κ1) is 18.4. The summed E-state index contributed by atoms with van der Waals surface area (Å²) in [4.78, 5) is 10.3. The van der Waals surface area contributed by atoms with E-state index in [0.717, 1.165) is 10.7 Å². The van der Waals surface area contributed by atoms with Crippen LogP contribution in [0.5, 0.6) is 5.75 Å². The number of morpholine rings is 1. The Kier molecular flexibility index (Phi) is 5.16. The fourth-order valence-corrected chi connectivity index (χ4v) is 3.86. The van der Waals surface area contributed by atoms with E-state index in [0.29, 0.717) is 56.5 Å². The summed E-state index contributed by atoms with van der Waals surface area (Å²) in [7, 11) is 0. The maximum Gasteiger partial charge on any atom is 0.248 e. The molecule has 1 saturated heterocycles. The second kappa shape index (κ2) is 7.57. The first-order valence-corrected chi connectivity index (χ1v) is 9.58. The molecule has 2 aliphatic rings. The predicted molar refractivity (Wildman–Crippen MR) is 104 cm³/mol. The van der Waals surface area contributed by atoms with Gasteiger partial charge >= 0.3 is 0 Å². The maximum absolute atomic E-state index is 14.2. The number of nitrogens with zero attached hydrogens (tertiary/aromatic N) is 5. The van der Waals surface area contributed by atoms with Crippen LogP contribution in [0.1, 0.15) is 12.0 Å². The molecule has 2 aliphatic heterocycles. The van der Waals surface area contributed by atoms with Gasteiger partial charge in [0.25, 0.3) is 0 Å². The number of phenolic OH excluding ortho intramolecular Hbond substituents is 1. The quantitative estimate of drug-likeness (QED) is 0.765. The van der Waals surface area contributed by atoms with E-state index >= 15 is 0 Å². The third kappa shape index (κ3) is 3.71. The smallest absolute Gasteiger partial charge is 0.248 e. The highest BCUT2D eigenvalue weighted by Gasteiger charge is 2.25. The number of aromatic hydroxyl groups is 1. The molecule has 0 atom stereocenters. The van der Waals surface area contributed by atoms with E-state index in [1.807, 2.05) is 4.90 Å². The molecule has 4 rings (SSSR count). The third-order valence-corrected chi connectivity index (χ3v) is 5.14. The van der Waals surface area contributed by atoms with Gasteiger partial charge in [-0.25, -0.2) is 14.4 Å². The molecule has 27 heavy (non-hydrogen) atoms. The van der Waals surface area contributed by atoms with Gasteiger partial charge in [0.05, 0.1) is 36.7 Å². The number of benzene rings is 1. The fourth-order valence-electron chi connectivity index (χ4n) is 3.05. The van der Waals surface area contributed by atoms with Gasteiger partial charge in [0.1, 0.15) is 5.75 Å². The lowest BCUT2D eigenvalue weighted by Gasteiger charge is -2.28. The van der Waals surface area contributed by atoms with Crippen molar-refractivity contribution in [2.45, 2.75) is 6.42 Å². The molecule has 0 aliphatic carbocycles. The Bertz CT molecular complexity index is 907. The summed E-state index contributed by atoms with van der Waals surface area (Å²) in [6.07, 6.45) is 1.74. The van der Waals surface area contributed by atoms with Crippen LogP contribution in [0.15, 0.2) is 27.9 Å². The van der Waals surface area contributed by atoms with E-state index in [1.54, 1.807) is 17.1 Å². The van der Waals surface area contributed by atoms with E-state index in [1.165, 1.54) is 0 Å². The van der Waals surface area contributed by atoms with Gasteiger partial charge in [-0.2, -0.15) is 10.1 Å². The largest absolute Gasteiger partial charge is 0.506 e. The van der Waals surface area contributed by atoms with Crippen molar-refractivity contribution in [2.24, 2.45) is 5.10 Å². The molecule has 1 N–H and O–H groups in total. The van der Waals surface area contributed by atoms with E-state index in [4.69, 9.17) is 16.3 Å². The molecule has 3 heterocycles.